The molecule has 3 fully saturated rings. The molecule has 0 saturated carbocycles. The van der Waals surface area contributed by atoms with Gasteiger partial charge in [-0.05, 0) is 37.2 Å². The fraction of sp³-hybridized carbons (Fsp3) is 0.632. The number of aliphatic hydroxyl groups excluding tert-OH is 1. The Labute approximate surface area is 304 Å². The van der Waals surface area contributed by atoms with Gasteiger partial charge in [-0.1, -0.05) is 85.6 Å². The molecule has 3 amide bonds. The number of benzene rings is 1. The number of rotatable bonds is 20. The number of hydrogen-bond acceptors (Lipinski definition) is 8. The maximum absolute atomic E-state index is 14.8. The number of ether oxygens (including phenoxy) is 3. The number of methoxy groups -OCH3 is 1. The van der Waals surface area contributed by atoms with E-state index in [2.05, 4.69) is 34.4 Å². The summed E-state index contributed by atoms with van der Waals surface area (Å²) < 4.78 is 18.5. The number of amides is 3. The van der Waals surface area contributed by atoms with Crippen molar-refractivity contribution in [1.82, 2.24) is 15.1 Å². The normalized spacial score (nSPS) is 27.1. The highest BCUT2D eigenvalue weighted by Crippen LogP contribution is 2.61. The highest BCUT2D eigenvalue weighted by atomic mass is 79.9. The minimum absolute atomic E-state index is 0.0548. The molecule has 1 spiro atoms. The Morgan fingerprint density at radius 1 is 1.22 bits per heavy atom. The predicted octanol–water partition coefficient (Wildman–Crippen LogP) is 4.34. The van der Waals surface area contributed by atoms with Crippen molar-refractivity contribution < 1.29 is 38.5 Å². The van der Waals surface area contributed by atoms with Gasteiger partial charge in [0.05, 0.1) is 43.2 Å². The van der Waals surface area contributed by atoms with Crippen molar-refractivity contribution in [1.29, 1.82) is 0 Å². The Bertz CT molecular complexity index is 1360. The quantitative estimate of drug-likeness (QED) is 0.114. The Hall–Kier alpha value is -3.06. The summed E-state index contributed by atoms with van der Waals surface area (Å²) in [5.74, 6) is -3.54. The summed E-state index contributed by atoms with van der Waals surface area (Å²) in [5.41, 5.74) is -0.679. The summed E-state index contributed by atoms with van der Waals surface area (Å²) in [5, 5.41) is 13.6. The summed E-state index contributed by atoms with van der Waals surface area (Å²) in [6, 6.07) is 6.64. The lowest BCUT2D eigenvalue weighted by Gasteiger charge is -2.39. The topological polar surface area (TPSA) is 135 Å². The largest absolute Gasteiger partial charge is 0.455 e. The number of esters is 1. The number of fused-ring (bicyclic) bond motifs is 1. The standard InChI is InChI=1S/C38H54BrN3O8/c1-7-10-17-29(44)40-28(23-48-6)32(25-15-13-12-14-16-25)49-37(47)30-31-35(45)42(26(22-43)20-24(4)5)34(38(31)21-27(39)33(30)50-38)36(46)41(18-9-3)19-11-8-2/h7,9,12-16,24,26-28,30-34,43H,1,3,8,10-11,17-23H2,2,4-6H3,(H,40,44)/t26-,27?,28-,30-,31+,32-,33-,34-,38+/m1/s1. The van der Waals surface area contributed by atoms with Crippen molar-refractivity contribution in [3.05, 3.63) is 61.2 Å². The molecule has 2 N–H and O–H groups in total. The van der Waals surface area contributed by atoms with Crippen LogP contribution in [-0.4, -0.2) is 107 Å². The van der Waals surface area contributed by atoms with E-state index in [1.165, 1.54) is 12.0 Å². The third-order valence-corrected chi connectivity index (χ3v) is 10.9. The molecule has 3 heterocycles. The molecule has 0 radical (unpaired) electrons. The van der Waals surface area contributed by atoms with Crippen LogP contribution in [0, 0.1) is 17.8 Å². The van der Waals surface area contributed by atoms with Crippen LogP contribution in [0.3, 0.4) is 0 Å². The van der Waals surface area contributed by atoms with Gasteiger partial charge in [-0.3, -0.25) is 19.2 Å². The number of allylic oxidation sites excluding steroid dienone is 1. The van der Waals surface area contributed by atoms with Gasteiger partial charge in [0.2, 0.25) is 17.7 Å². The maximum atomic E-state index is 14.8. The number of nitrogens with one attached hydrogen (secondary N) is 1. The molecule has 2 bridgehead atoms. The van der Waals surface area contributed by atoms with Crippen LogP contribution in [0.5, 0.6) is 0 Å². The van der Waals surface area contributed by atoms with Crippen molar-refractivity contribution in [2.75, 3.05) is 33.4 Å². The molecule has 9 atom stereocenters. The fourth-order valence-corrected chi connectivity index (χ4v) is 8.87. The molecule has 3 aliphatic heterocycles. The van der Waals surface area contributed by atoms with Crippen molar-refractivity contribution in [3.8, 4) is 0 Å². The first-order chi connectivity index (χ1) is 24.0. The molecule has 3 aliphatic rings. The second kappa shape index (κ2) is 17.9. The molecule has 4 rings (SSSR count). The van der Waals surface area contributed by atoms with Crippen molar-refractivity contribution in [3.63, 3.8) is 0 Å². The maximum Gasteiger partial charge on any atom is 0.313 e. The number of likely N-dealkylation sites (tertiary alicyclic amines) is 1. The smallest absolute Gasteiger partial charge is 0.313 e. The monoisotopic (exact) mass is 759 g/mol. The van der Waals surface area contributed by atoms with Gasteiger partial charge < -0.3 is 34.4 Å². The summed E-state index contributed by atoms with van der Waals surface area (Å²) in [7, 11) is 1.50. The van der Waals surface area contributed by atoms with Crippen LogP contribution in [0.25, 0.3) is 0 Å². The minimum atomic E-state index is -1.32. The van der Waals surface area contributed by atoms with Gasteiger partial charge in [0, 0.05) is 31.4 Å². The average Bonchev–Trinajstić information content (AvgIpc) is 3.69. The number of hydrogen-bond donors (Lipinski definition) is 2. The zero-order chi connectivity index (χ0) is 36.6. The van der Waals surface area contributed by atoms with Crippen molar-refractivity contribution in [2.24, 2.45) is 17.8 Å². The highest BCUT2D eigenvalue weighted by Gasteiger charge is 2.77. The van der Waals surface area contributed by atoms with Crippen LogP contribution in [0.4, 0.5) is 0 Å². The van der Waals surface area contributed by atoms with Crippen LogP contribution in [-0.2, 0) is 33.4 Å². The molecule has 11 nitrogen and oxygen atoms in total. The number of unbranched alkanes of at least 4 members (excludes halogenated alkanes) is 1. The van der Waals surface area contributed by atoms with E-state index in [1.807, 2.05) is 51.1 Å². The van der Waals surface area contributed by atoms with E-state index in [1.54, 1.807) is 17.1 Å². The average molecular weight is 761 g/mol. The van der Waals surface area contributed by atoms with Gasteiger partial charge in [-0.25, -0.2) is 0 Å². The predicted molar refractivity (Wildman–Crippen MR) is 193 cm³/mol. The fourth-order valence-electron chi connectivity index (χ4n) is 7.92. The van der Waals surface area contributed by atoms with E-state index < -0.39 is 59.6 Å². The lowest BCUT2D eigenvalue weighted by Crippen LogP contribution is -2.59. The minimum Gasteiger partial charge on any atom is -0.455 e. The first kappa shape index (κ1) is 39.7. The summed E-state index contributed by atoms with van der Waals surface area (Å²) in [6.45, 7) is 14.1. The lowest BCUT2D eigenvalue weighted by atomic mass is 9.70. The Kier molecular flexibility index (Phi) is 14.2. The summed E-state index contributed by atoms with van der Waals surface area (Å²) in [4.78, 5) is 59.7. The number of nitrogens with zero attached hydrogens (tertiary/aromatic N) is 2. The molecular formula is C38H54BrN3O8. The number of carbonyl (C=O) groups excluding carboxylic acids is 4. The van der Waals surface area contributed by atoms with Crippen LogP contribution in [0.2, 0.25) is 0 Å². The molecular weight excluding hydrogens is 706 g/mol. The second-order valence-electron chi connectivity index (χ2n) is 14.0. The molecule has 1 unspecified atom stereocenters. The van der Waals surface area contributed by atoms with E-state index in [0.717, 1.165) is 12.8 Å². The number of halogens is 1. The van der Waals surface area contributed by atoms with Gasteiger partial charge in [0.25, 0.3) is 0 Å². The van der Waals surface area contributed by atoms with Gasteiger partial charge in [-0.2, -0.15) is 0 Å². The van der Waals surface area contributed by atoms with Gasteiger partial charge >= 0.3 is 5.97 Å². The second-order valence-corrected chi connectivity index (χ2v) is 15.2. The number of carbonyl (C=O) groups is 4. The number of aliphatic hydroxyl groups is 1. The molecule has 1 aromatic rings. The molecule has 1 aromatic carbocycles. The molecule has 50 heavy (non-hydrogen) atoms. The summed E-state index contributed by atoms with van der Waals surface area (Å²) >= 11 is 3.74. The molecule has 276 valence electrons. The van der Waals surface area contributed by atoms with Crippen molar-refractivity contribution >= 4 is 39.6 Å². The van der Waals surface area contributed by atoms with Crippen molar-refractivity contribution in [2.45, 2.75) is 100 Å². The van der Waals surface area contributed by atoms with Crippen LogP contribution >= 0.6 is 15.9 Å². The first-order valence-electron chi connectivity index (χ1n) is 17.8. The van der Waals surface area contributed by atoms with Gasteiger partial charge in [0.1, 0.15) is 17.7 Å². The molecule has 3 saturated heterocycles. The highest BCUT2D eigenvalue weighted by molar-refractivity contribution is 9.09. The third-order valence-electron chi connectivity index (χ3n) is 10.0. The Morgan fingerprint density at radius 3 is 2.54 bits per heavy atom. The summed E-state index contributed by atoms with van der Waals surface area (Å²) in [6.07, 6.45) is 4.73. The number of alkyl halides is 1. The first-order valence-corrected chi connectivity index (χ1v) is 18.7. The Balaban J connectivity index is 1.76. The zero-order valence-corrected chi connectivity index (χ0v) is 31.4. The van der Waals surface area contributed by atoms with E-state index >= 15 is 0 Å². The van der Waals surface area contributed by atoms with Crippen LogP contribution in [0.15, 0.2) is 55.6 Å². The Morgan fingerprint density at radius 2 is 1.94 bits per heavy atom. The molecule has 0 aromatic heterocycles. The van der Waals surface area contributed by atoms with Gasteiger partial charge in [0.15, 0.2) is 0 Å². The molecule has 0 aliphatic carbocycles. The van der Waals surface area contributed by atoms with E-state index in [0.29, 0.717) is 31.4 Å². The SMILES string of the molecule is C=CCCC(=O)N[C@H](COC)[C@H](OC(=O)[C@H]1[C@@H]2O[C@@]3(CC2Br)[C@@H]1C(=O)N([C@@H](CO)CC(C)C)[C@@H]3C(=O)N(CC=C)CCCC)c1ccccc1. The van der Waals surface area contributed by atoms with E-state index in [-0.39, 0.29) is 48.7 Å². The third kappa shape index (κ3) is 8.19. The van der Waals surface area contributed by atoms with Crippen LogP contribution < -0.4 is 5.32 Å². The van der Waals surface area contributed by atoms with E-state index in [9.17, 15) is 24.3 Å². The van der Waals surface area contributed by atoms with E-state index in [4.69, 9.17) is 14.2 Å². The van der Waals surface area contributed by atoms with Gasteiger partial charge in [-0.15, -0.1) is 13.2 Å². The lowest BCUT2D eigenvalue weighted by molar-refractivity contribution is -0.163. The zero-order valence-electron chi connectivity index (χ0n) is 29.8. The van der Waals surface area contributed by atoms with Crippen LogP contribution in [0.1, 0.15) is 71.0 Å². The molecule has 12 heteroatoms.